The summed E-state index contributed by atoms with van der Waals surface area (Å²) in [5.74, 6) is -0.449. The molecule has 2 rings (SSSR count). The van der Waals surface area contributed by atoms with Crippen molar-refractivity contribution in [3.05, 3.63) is 58.3 Å². The van der Waals surface area contributed by atoms with Crippen molar-refractivity contribution in [1.82, 2.24) is 9.13 Å². The molecule has 1 aromatic carbocycles. The summed E-state index contributed by atoms with van der Waals surface area (Å²) < 4.78 is 3.32. The maximum absolute atomic E-state index is 12.0. The van der Waals surface area contributed by atoms with Gasteiger partial charge in [0.2, 0.25) is 5.91 Å². The lowest BCUT2D eigenvalue weighted by atomic mass is 10.1. The first-order chi connectivity index (χ1) is 8.99. The number of carbonyl (C=O) groups is 1. The molecule has 0 saturated carbocycles. The van der Waals surface area contributed by atoms with E-state index in [1.807, 2.05) is 13.8 Å². The van der Waals surface area contributed by atoms with Crippen molar-refractivity contribution < 1.29 is 4.79 Å². The van der Waals surface area contributed by atoms with Crippen LogP contribution in [0, 0.1) is 0 Å². The monoisotopic (exact) mass is 259 g/mol. The van der Waals surface area contributed by atoms with E-state index in [1.165, 1.54) is 0 Å². The number of hydrogen-bond donors (Lipinski definition) is 1. The van der Waals surface area contributed by atoms with E-state index < -0.39 is 5.91 Å². The molecule has 0 atom stereocenters. The molecule has 1 amide bonds. The average Bonchev–Trinajstić information content (AvgIpc) is 2.72. The van der Waals surface area contributed by atoms with Crippen molar-refractivity contribution in [1.29, 1.82) is 0 Å². The van der Waals surface area contributed by atoms with Crippen molar-refractivity contribution in [2.24, 2.45) is 5.73 Å². The SMILES string of the molecule is CC(C)n1ccn(Cc2ccc(C(N)=O)cc2)c1=O. The van der Waals surface area contributed by atoms with Gasteiger partial charge in [-0.25, -0.2) is 4.79 Å². The second-order valence-corrected chi connectivity index (χ2v) is 4.77. The van der Waals surface area contributed by atoms with E-state index in [1.54, 1.807) is 45.8 Å². The lowest BCUT2D eigenvalue weighted by molar-refractivity contribution is 0.100. The third-order valence-corrected chi connectivity index (χ3v) is 3.02. The van der Waals surface area contributed by atoms with E-state index in [0.717, 1.165) is 5.56 Å². The van der Waals surface area contributed by atoms with Crippen molar-refractivity contribution in [3.63, 3.8) is 0 Å². The van der Waals surface area contributed by atoms with Crippen molar-refractivity contribution in [2.45, 2.75) is 26.4 Å². The average molecular weight is 259 g/mol. The van der Waals surface area contributed by atoms with Crippen LogP contribution in [0.1, 0.15) is 35.8 Å². The second kappa shape index (κ2) is 5.14. The molecule has 0 aliphatic rings. The maximum atomic E-state index is 12.0. The van der Waals surface area contributed by atoms with Crippen molar-refractivity contribution in [2.75, 3.05) is 0 Å². The number of aromatic nitrogens is 2. The lowest BCUT2D eigenvalue weighted by Crippen LogP contribution is -2.25. The van der Waals surface area contributed by atoms with Gasteiger partial charge >= 0.3 is 5.69 Å². The van der Waals surface area contributed by atoms with Crippen LogP contribution in [0.25, 0.3) is 0 Å². The molecule has 0 fully saturated rings. The number of hydrogen-bond acceptors (Lipinski definition) is 2. The largest absolute Gasteiger partial charge is 0.366 e. The van der Waals surface area contributed by atoms with E-state index in [2.05, 4.69) is 0 Å². The highest BCUT2D eigenvalue weighted by Crippen LogP contribution is 2.06. The van der Waals surface area contributed by atoms with Gasteiger partial charge in [-0.1, -0.05) is 12.1 Å². The zero-order valence-electron chi connectivity index (χ0n) is 11.0. The van der Waals surface area contributed by atoms with Crippen LogP contribution in [0.3, 0.4) is 0 Å². The van der Waals surface area contributed by atoms with Gasteiger partial charge in [0, 0.05) is 24.0 Å². The van der Waals surface area contributed by atoms with Gasteiger partial charge in [-0.15, -0.1) is 0 Å². The van der Waals surface area contributed by atoms with Crippen LogP contribution in [0.5, 0.6) is 0 Å². The minimum Gasteiger partial charge on any atom is -0.366 e. The number of imidazole rings is 1. The number of amides is 1. The molecule has 0 spiro atoms. The Kier molecular flexibility index (Phi) is 3.55. The quantitative estimate of drug-likeness (QED) is 0.901. The molecule has 1 heterocycles. The van der Waals surface area contributed by atoms with E-state index in [-0.39, 0.29) is 11.7 Å². The number of primary amides is 1. The molecular weight excluding hydrogens is 242 g/mol. The Bertz CT molecular complexity index is 635. The summed E-state index contributed by atoms with van der Waals surface area (Å²) in [4.78, 5) is 23.0. The summed E-state index contributed by atoms with van der Waals surface area (Å²) in [5.41, 5.74) is 6.57. The Balaban J connectivity index is 2.22. The van der Waals surface area contributed by atoms with Crippen LogP contribution in [0.15, 0.2) is 41.5 Å². The molecular formula is C14H17N3O2. The van der Waals surface area contributed by atoms with Crippen molar-refractivity contribution >= 4 is 5.91 Å². The zero-order valence-corrected chi connectivity index (χ0v) is 11.0. The Morgan fingerprint density at radius 2 is 1.84 bits per heavy atom. The van der Waals surface area contributed by atoms with Crippen LogP contribution in [0.4, 0.5) is 0 Å². The van der Waals surface area contributed by atoms with Gasteiger partial charge in [-0.05, 0) is 31.5 Å². The van der Waals surface area contributed by atoms with Gasteiger partial charge in [0.1, 0.15) is 0 Å². The Labute approximate surface area is 111 Å². The molecule has 0 aliphatic carbocycles. The highest BCUT2D eigenvalue weighted by Gasteiger charge is 2.07. The smallest absolute Gasteiger partial charge is 0.328 e. The fraction of sp³-hybridized carbons (Fsp3) is 0.286. The third-order valence-electron chi connectivity index (χ3n) is 3.02. The first-order valence-corrected chi connectivity index (χ1v) is 6.15. The molecule has 5 heteroatoms. The van der Waals surface area contributed by atoms with Crippen LogP contribution < -0.4 is 11.4 Å². The summed E-state index contributed by atoms with van der Waals surface area (Å²) in [6.07, 6.45) is 3.55. The van der Waals surface area contributed by atoms with E-state index in [4.69, 9.17) is 5.73 Å². The molecule has 1 aromatic heterocycles. The molecule has 0 unspecified atom stereocenters. The Hall–Kier alpha value is -2.30. The first kappa shape index (κ1) is 13.1. The number of rotatable bonds is 4. The van der Waals surface area contributed by atoms with E-state index in [0.29, 0.717) is 12.1 Å². The number of nitrogens with two attached hydrogens (primary N) is 1. The van der Waals surface area contributed by atoms with E-state index >= 15 is 0 Å². The number of benzene rings is 1. The minimum atomic E-state index is -0.449. The second-order valence-electron chi connectivity index (χ2n) is 4.77. The highest BCUT2D eigenvalue weighted by molar-refractivity contribution is 5.92. The van der Waals surface area contributed by atoms with Crippen LogP contribution >= 0.6 is 0 Å². The Morgan fingerprint density at radius 3 is 2.32 bits per heavy atom. The molecule has 0 bridgehead atoms. The van der Waals surface area contributed by atoms with Crippen LogP contribution in [-0.4, -0.2) is 15.0 Å². The van der Waals surface area contributed by atoms with E-state index in [9.17, 15) is 9.59 Å². The van der Waals surface area contributed by atoms with Gasteiger partial charge in [-0.3, -0.25) is 13.9 Å². The van der Waals surface area contributed by atoms with Gasteiger partial charge in [0.15, 0.2) is 0 Å². The lowest BCUT2D eigenvalue weighted by Gasteiger charge is -2.05. The summed E-state index contributed by atoms with van der Waals surface area (Å²) in [6.45, 7) is 4.42. The molecule has 0 saturated heterocycles. The van der Waals surface area contributed by atoms with Gasteiger partial charge in [-0.2, -0.15) is 0 Å². The third kappa shape index (κ3) is 2.76. The van der Waals surface area contributed by atoms with Gasteiger partial charge in [0.05, 0.1) is 6.54 Å². The molecule has 2 N–H and O–H groups in total. The molecule has 19 heavy (non-hydrogen) atoms. The van der Waals surface area contributed by atoms with Crippen LogP contribution in [-0.2, 0) is 6.54 Å². The van der Waals surface area contributed by atoms with Crippen molar-refractivity contribution in [3.8, 4) is 0 Å². The Morgan fingerprint density at radius 1 is 1.21 bits per heavy atom. The number of nitrogens with zero attached hydrogens (tertiary/aromatic N) is 2. The zero-order chi connectivity index (χ0) is 14.0. The molecule has 0 radical (unpaired) electrons. The normalized spacial score (nSPS) is 10.9. The maximum Gasteiger partial charge on any atom is 0.328 e. The standard InChI is InChI=1S/C14H17N3O2/c1-10(2)17-8-7-16(14(17)19)9-11-3-5-12(6-4-11)13(15)18/h3-8,10H,9H2,1-2H3,(H2,15,18). The summed E-state index contributed by atoms with van der Waals surface area (Å²) in [5, 5.41) is 0. The molecule has 2 aromatic rings. The fourth-order valence-corrected chi connectivity index (χ4v) is 1.91. The minimum absolute atomic E-state index is 0.0334. The first-order valence-electron chi connectivity index (χ1n) is 6.15. The highest BCUT2D eigenvalue weighted by atomic mass is 16.2. The topological polar surface area (TPSA) is 70.0 Å². The van der Waals surface area contributed by atoms with Gasteiger partial charge < -0.3 is 5.73 Å². The van der Waals surface area contributed by atoms with Gasteiger partial charge in [0.25, 0.3) is 0 Å². The summed E-state index contributed by atoms with van der Waals surface area (Å²) >= 11 is 0. The van der Waals surface area contributed by atoms with Crippen LogP contribution in [0.2, 0.25) is 0 Å². The fourth-order valence-electron chi connectivity index (χ4n) is 1.91. The molecule has 0 aliphatic heterocycles. The molecule has 5 nitrogen and oxygen atoms in total. The predicted octanol–water partition coefficient (Wildman–Crippen LogP) is 1.38. The summed E-state index contributed by atoms with van der Waals surface area (Å²) in [7, 11) is 0. The number of carbonyl (C=O) groups excluding carboxylic acids is 1. The summed E-state index contributed by atoms with van der Waals surface area (Å²) in [6, 6.07) is 7.09. The predicted molar refractivity (Wildman–Crippen MR) is 73.1 cm³/mol. The molecule has 100 valence electrons.